The molecule has 1 aliphatic heterocycles. The van der Waals surface area contributed by atoms with E-state index in [1.807, 2.05) is 0 Å². The lowest BCUT2D eigenvalue weighted by atomic mass is 10.1. The molecule has 0 unspecified atom stereocenters. The van der Waals surface area contributed by atoms with Gasteiger partial charge in [0.15, 0.2) is 0 Å². The van der Waals surface area contributed by atoms with Crippen LogP contribution >= 0.6 is 22.9 Å². The summed E-state index contributed by atoms with van der Waals surface area (Å²) in [6.07, 6.45) is 4.96. The molecule has 0 saturated carbocycles. The van der Waals surface area contributed by atoms with Crippen LogP contribution in [0.4, 0.5) is 30.2 Å². The number of nitrogens with zero attached hydrogens (tertiary/aromatic N) is 3. The largest absolute Gasteiger partial charge is 0.486 e. The molecular formula is C27H23ClF3N5O4S2. The highest BCUT2D eigenvalue weighted by molar-refractivity contribution is 7.92. The summed E-state index contributed by atoms with van der Waals surface area (Å²) in [5.41, 5.74) is 2.28. The number of rotatable bonds is 9. The van der Waals surface area contributed by atoms with Crippen molar-refractivity contribution in [2.75, 3.05) is 34.3 Å². The second-order valence-corrected chi connectivity index (χ2v) is 13.1. The molecule has 0 aliphatic carbocycles. The molecule has 0 spiro atoms. The first-order valence-electron chi connectivity index (χ1n) is 12.3. The van der Waals surface area contributed by atoms with Gasteiger partial charge in [0.1, 0.15) is 23.9 Å². The third-order valence-corrected chi connectivity index (χ3v) is 7.93. The van der Waals surface area contributed by atoms with Gasteiger partial charge in [-0.3, -0.25) is 19.5 Å². The van der Waals surface area contributed by atoms with Crippen molar-refractivity contribution >= 4 is 55.9 Å². The van der Waals surface area contributed by atoms with Gasteiger partial charge in [0.25, 0.3) is 11.8 Å². The molecule has 1 saturated heterocycles. The third-order valence-electron chi connectivity index (χ3n) is 6.06. The van der Waals surface area contributed by atoms with Crippen LogP contribution < -0.4 is 19.7 Å². The number of halogens is 4. The van der Waals surface area contributed by atoms with E-state index in [0.717, 1.165) is 17.3 Å². The molecule has 220 valence electrons. The Hall–Kier alpha value is -3.88. The number of ether oxygens (including phenoxy) is 1. The van der Waals surface area contributed by atoms with Crippen LogP contribution in [0.5, 0.6) is 5.75 Å². The molecule has 1 fully saturated rings. The zero-order chi connectivity index (χ0) is 30.2. The molecular weight excluding hydrogens is 615 g/mol. The number of sulfonamides is 1. The fraction of sp³-hybridized carbons (Fsp3) is 0.222. The molecule has 0 bridgehead atoms. The number of aromatic nitrogens is 2. The normalized spacial score (nSPS) is 14.3. The van der Waals surface area contributed by atoms with Gasteiger partial charge in [0, 0.05) is 39.0 Å². The Morgan fingerprint density at radius 2 is 1.86 bits per heavy atom. The average molecular weight is 638 g/mol. The van der Waals surface area contributed by atoms with E-state index >= 15 is 0 Å². The van der Waals surface area contributed by atoms with Crippen molar-refractivity contribution in [3.63, 3.8) is 0 Å². The number of anilines is 3. The maximum atomic E-state index is 13.7. The summed E-state index contributed by atoms with van der Waals surface area (Å²) in [6.45, 7) is 0.826. The number of pyridine rings is 2. The quantitative estimate of drug-likeness (QED) is 0.233. The highest BCUT2D eigenvalue weighted by Crippen LogP contribution is 2.40. The second-order valence-electron chi connectivity index (χ2n) is 9.69. The Morgan fingerprint density at radius 1 is 1.12 bits per heavy atom. The van der Waals surface area contributed by atoms with E-state index in [4.69, 9.17) is 16.3 Å². The number of benzene rings is 1. The highest BCUT2D eigenvalue weighted by Gasteiger charge is 2.44. The van der Waals surface area contributed by atoms with E-state index in [1.54, 1.807) is 19.1 Å². The monoisotopic (exact) mass is 637 g/mol. The van der Waals surface area contributed by atoms with E-state index in [1.165, 1.54) is 52.9 Å². The summed E-state index contributed by atoms with van der Waals surface area (Å²) in [7, 11) is -3.57. The molecule has 9 nitrogen and oxygen atoms in total. The van der Waals surface area contributed by atoms with Gasteiger partial charge in [-0.2, -0.15) is 0 Å². The third kappa shape index (κ3) is 7.12. The molecule has 2 N–H and O–H groups in total. The number of aryl methyl sites for hydroxylation is 1. The first-order valence-corrected chi connectivity index (χ1v) is 15.4. The molecule has 1 amide bonds. The topological polar surface area (TPSA) is 114 Å². The van der Waals surface area contributed by atoms with Crippen LogP contribution in [0.25, 0.3) is 11.3 Å². The van der Waals surface area contributed by atoms with Crippen LogP contribution in [0.1, 0.15) is 20.1 Å². The fourth-order valence-electron chi connectivity index (χ4n) is 4.27. The van der Waals surface area contributed by atoms with Crippen LogP contribution in [0.15, 0.2) is 55.0 Å². The smallest absolute Gasteiger partial charge is 0.282 e. The Morgan fingerprint density at radius 3 is 2.55 bits per heavy atom. The van der Waals surface area contributed by atoms with Crippen LogP contribution in [-0.2, 0) is 16.6 Å². The van der Waals surface area contributed by atoms with Gasteiger partial charge >= 0.3 is 0 Å². The molecule has 4 heterocycles. The van der Waals surface area contributed by atoms with E-state index in [-0.39, 0.29) is 28.8 Å². The summed E-state index contributed by atoms with van der Waals surface area (Å²) in [6, 6.07) is 8.78. The van der Waals surface area contributed by atoms with Gasteiger partial charge in [-0.05, 0) is 37.3 Å². The summed E-state index contributed by atoms with van der Waals surface area (Å²) >= 11 is 7.29. The van der Waals surface area contributed by atoms with Gasteiger partial charge in [0.05, 0.1) is 48.0 Å². The van der Waals surface area contributed by atoms with Crippen molar-refractivity contribution in [1.82, 2.24) is 9.97 Å². The Labute approximate surface area is 248 Å². The van der Waals surface area contributed by atoms with Crippen LogP contribution in [0.3, 0.4) is 0 Å². The first kappa shape index (κ1) is 29.6. The molecule has 1 aromatic carbocycles. The summed E-state index contributed by atoms with van der Waals surface area (Å²) < 4.78 is 72.2. The number of alkyl halides is 2. The van der Waals surface area contributed by atoms with Gasteiger partial charge < -0.3 is 15.0 Å². The minimum absolute atomic E-state index is 0.0613. The van der Waals surface area contributed by atoms with Gasteiger partial charge in [0.2, 0.25) is 10.0 Å². The van der Waals surface area contributed by atoms with Crippen molar-refractivity contribution in [2.45, 2.75) is 19.5 Å². The van der Waals surface area contributed by atoms with Crippen LogP contribution in [0, 0.1) is 12.7 Å². The number of hydrogen-bond donors (Lipinski definition) is 2. The van der Waals surface area contributed by atoms with E-state index in [2.05, 4.69) is 20.0 Å². The SMILES string of the molecule is Cc1sc(C(=O)Nc2cc(Cl)cc(NS(C)(=O)=O)c2)cc1-c1ncc(N2CC(F)(F)C2)cc1OCc1cncc(F)c1. The molecule has 5 rings (SSSR count). The molecule has 0 atom stereocenters. The lowest BCUT2D eigenvalue weighted by Gasteiger charge is -2.40. The standard InChI is InChI=1S/C27H23ClF3N5O4S2/c1-15-22(8-24(41-15)26(37)34-19-4-17(28)5-20(6-19)35-42(2,38)39)25-23(40-12-16-3-18(29)10-32-9-16)7-21(11-33-25)36-13-27(30,31)14-36/h3-11,35H,12-14H2,1-2H3,(H,34,37). The van der Waals surface area contributed by atoms with E-state index in [9.17, 15) is 26.4 Å². The molecule has 4 aromatic rings. The van der Waals surface area contributed by atoms with E-state index in [0.29, 0.717) is 27.4 Å². The Bertz CT molecular complexity index is 1780. The summed E-state index contributed by atoms with van der Waals surface area (Å²) in [5, 5.41) is 2.92. The molecule has 15 heteroatoms. The highest BCUT2D eigenvalue weighted by atomic mass is 35.5. The van der Waals surface area contributed by atoms with Crippen molar-refractivity contribution < 1.29 is 31.1 Å². The van der Waals surface area contributed by atoms with Gasteiger partial charge in [-0.15, -0.1) is 11.3 Å². The number of hydrogen-bond acceptors (Lipinski definition) is 8. The number of carbonyl (C=O) groups is 1. The predicted octanol–water partition coefficient (Wildman–Crippen LogP) is 5.96. The fourth-order valence-corrected chi connectivity index (χ4v) is 5.96. The molecule has 0 radical (unpaired) electrons. The van der Waals surface area contributed by atoms with Gasteiger partial charge in [-0.1, -0.05) is 11.6 Å². The van der Waals surface area contributed by atoms with Crippen LogP contribution in [-0.4, -0.2) is 49.6 Å². The summed E-state index contributed by atoms with van der Waals surface area (Å²) in [5.74, 6) is -3.54. The number of nitrogens with one attached hydrogen (secondary N) is 2. The first-order chi connectivity index (χ1) is 19.7. The Balaban J connectivity index is 1.42. The van der Waals surface area contributed by atoms with Crippen molar-refractivity contribution in [1.29, 1.82) is 0 Å². The number of carbonyl (C=O) groups excluding carboxylic acids is 1. The lowest BCUT2D eigenvalue weighted by Crippen LogP contribution is -2.56. The van der Waals surface area contributed by atoms with Crippen molar-refractivity contribution in [3.05, 3.63) is 81.1 Å². The second kappa shape index (κ2) is 11.4. The zero-order valence-electron chi connectivity index (χ0n) is 22.1. The minimum atomic E-state index is -3.57. The van der Waals surface area contributed by atoms with Crippen molar-refractivity contribution in [2.24, 2.45) is 0 Å². The molecule has 3 aromatic heterocycles. The van der Waals surface area contributed by atoms with Gasteiger partial charge in [-0.25, -0.2) is 21.6 Å². The maximum Gasteiger partial charge on any atom is 0.282 e. The maximum absolute atomic E-state index is 13.7. The summed E-state index contributed by atoms with van der Waals surface area (Å²) in [4.78, 5) is 23.9. The molecule has 1 aliphatic rings. The minimum Gasteiger partial charge on any atom is -0.486 e. The predicted molar refractivity (Wildman–Crippen MR) is 156 cm³/mol. The Kier molecular flexibility index (Phi) is 8.05. The number of thiophene rings is 1. The zero-order valence-corrected chi connectivity index (χ0v) is 24.5. The lowest BCUT2D eigenvalue weighted by molar-refractivity contribution is -0.0263. The average Bonchev–Trinajstić information content (AvgIpc) is 3.26. The number of amides is 1. The molecule has 42 heavy (non-hydrogen) atoms. The van der Waals surface area contributed by atoms with Crippen molar-refractivity contribution in [3.8, 4) is 17.0 Å². The van der Waals surface area contributed by atoms with E-state index < -0.39 is 40.8 Å². The van der Waals surface area contributed by atoms with Crippen LogP contribution in [0.2, 0.25) is 5.02 Å².